The zero-order valence-corrected chi connectivity index (χ0v) is 17.6. The number of amides is 1. The van der Waals surface area contributed by atoms with Crippen molar-refractivity contribution in [3.05, 3.63) is 46.4 Å². The number of ether oxygens (including phenoxy) is 1. The maximum atomic E-state index is 11.8. The molecule has 1 saturated heterocycles. The molecule has 0 radical (unpaired) electrons. The molecule has 0 unspecified atom stereocenters. The third-order valence-electron chi connectivity index (χ3n) is 5.04. The van der Waals surface area contributed by atoms with Crippen LogP contribution in [0.3, 0.4) is 0 Å². The van der Waals surface area contributed by atoms with Gasteiger partial charge < -0.3 is 4.74 Å². The number of rotatable bonds is 6. The van der Waals surface area contributed by atoms with Gasteiger partial charge in [0.05, 0.1) is 18.2 Å². The summed E-state index contributed by atoms with van der Waals surface area (Å²) >= 11 is 1.05. The first kappa shape index (κ1) is 21.3. The lowest BCUT2D eigenvalue weighted by Crippen LogP contribution is -2.32. The molecule has 3 rings (SSSR count). The molecule has 2 aliphatic rings. The number of carbonyl (C=O) groups excluding carboxylic acids is 2. The van der Waals surface area contributed by atoms with Crippen molar-refractivity contribution in [2.75, 3.05) is 14.2 Å². The second kappa shape index (κ2) is 10.4. The highest BCUT2D eigenvalue weighted by Crippen LogP contribution is 2.24. The van der Waals surface area contributed by atoms with Gasteiger partial charge in [-0.25, -0.2) is 4.79 Å². The molecule has 29 heavy (non-hydrogen) atoms. The van der Waals surface area contributed by atoms with Gasteiger partial charge in [-0.2, -0.15) is 5.10 Å². The summed E-state index contributed by atoms with van der Waals surface area (Å²) in [6.45, 7) is 0.911. The molecule has 1 N–H and O–H groups in total. The minimum Gasteiger partial charge on any atom is -0.466 e. The van der Waals surface area contributed by atoms with Crippen LogP contribution in [0.1, 0.15) is 43.2 Å². The molecule has 0 bridgehead atoms. The molecule has 1 aliphatic carbocycles. The summed E-state index contributed by atoms with van der Waals surface area (Å²) in [4.78, 5) is 25.7. The molecule has 1 amide bonds. The van der Waals surface area contributed by atoms with Crippen LogP contribution in [0.4, 0.5) is 0 Å². The quantitative estimate of drug-likeness (QED) is 0.335. The minimum atomic E-state index is -0.581. The van der Waals surface area contributed by atoms with E-state index in [9.17, 15) is 9.59 Å². The zero-order chi connectivity index (χ0) is 20.6. The van der Waals surface area contributed by atoms with Crippen molar-refractivity contribution in [2.24, 2.45) is 10.2 Å². The Morgan fingerprint density at radius 3 is 2.90 bits per heavy atom. The van der Waals surface area contributed by atoms with Gasteiger partial charge in [0, 0.05) is 18.7 Å². The molecule has 0 atom stereocenters. The third-order valence-corrected chi connectivity index (χ3v) is 5.94. The average molecular weight is 415 g/mol. The molecule has 1 aromatic carbocycles. The summed E-state index contributed by atoms with van der Waals surface area (Å²) in [5.74, 6) is -0.968. The van der Waals surface area contributed by atoms with E-state index in [1.165, 1.54) is 44.8 Å². The summed E-state index contributed by atoms with van der Waals surface area (Å²) in [5.41, 5.74) is 2.19. The maximum absolute atomic E-state index is 11.8. The van der Waals surface area contributed by atoms with E-state index in [1.54, 1.807) is 6.21 Å². The number of thioether (sulfide) groups is 1. The second-order valence-electron chi connectivity index (χ2n) is 7.19. The topological polar surface area (TPSA) is 83.4 Å². The predicted molar refractivity (Wildman–Crippen MR) is 116 cm³/mol. The van der Waals surface area contributed by atoms with Crippen molar-refractivity contribution >= 4 is 35.0 Å². The fraction of sp³-hybridized carbons (Fsp3) is 0.429. The zero-order valence-electron chi connectivity index (χ0n) is 16.8. The lowest BCUT2D eigenvalue weighted by atomic mass is 9.94. The highest BCUT2D eigenvalue weighted by Gasteiger charge is 2.25. The number of hydrogen-bond acceptors (Lipinski definition) is 7. The van der Waals surface area contributed by atoms with Crippen LogP contribution in [0.2, 0.25) is 0 Å². The van der Waals surface area contributed by atoms with E-state index in [0.29, 0.717) is 11.2 Å². The number of esters is 1. The molecule has 2 fully saturated rings. The van der Waals surface area contributed by atoms with Gasteiger partial charge >= 0.3 is 5.97 Å². The Kier molecular flexibility index (Phi) is 7.60. The molecular formula is C21H26N4O3S. The lowest BCUT2D eigenvalue weighted by molar-refractivity contribution is -0.135. The number of nitrogens with one attached hydrogen (secondary N) is 1. The van der Waals surface area contributed by atoms with E-state index in [2.05, 4.69) is 44.3 Å². The molecule has 1 heterocycles. The lowest BCUT2D eigenvalue weighted by Gasteiger charge is -2.31. The monoisotopic (exact) mass is 414 g/mol. The molecule has 1 aromatic rings. The van der Waals surface area contributed by atoms with Crippen LogP contribution in [0.25, 0.3) is 0 Å². The summed E-state index contributed by atoms with van der Waals surface area (Å²) < 4.78 is 4.53. The van der Waals surface area contributed by atoms with Crippen LogP contribution in [0.15, 0.2) is 45.4 Å². The highest BCUT2D eigenvalue weighted by molar-refractivity contribution is 8.18. The van der Waals surface area contributed by atoms with E-state index in [1.807, 2.05) is 12.1 Å². The maximum Gasteiger partial charge on any atom is 0.331 e. The average Bonchev–Trinajstić information content (AvgIpc) is 3.07. The molecular weight excluding hydrogens is 388 g/mol. The first-order valence-corrected chi connectivity index (χ1v) is 10.6. The summed E-state index contributed by atoms with van der Waals surface area (Å²) in [6.07, 6.45) is 9.37. The van der Waals surface area contributed by atoms with E-state index in [0.717, 1.165) is 29.9 Å². The number of carbonyl (C=O) groups is 2. The molecule has 154 valence electrons. The van der Waals surface area contributed by atoms with Crippen LogP contribution < -0.4 is 5.32 Å². The van der Waals surface area contributed by atoms with Crippen LogP contribution in [0.5, 0.6) is 0 Å². The molecule has 8 heteroatoms. The Labute approximate surface area is 175 Å². The highest BCUT2D eigenvalue weighted by atomic mass is 32.2. The van der Waals surface area contributed by atoms with Gasteiger partial charge in [-0.1, -0.05) is 37.5 Å². The molecule has 7 nitrogen and oxygen atoms in total. The van der Waals surface area contributed by atoms with Gasteiger partial charge in [0.25, 0.3) is 5.91 Å². The van der Waals surface area contributed by atoms with Crippen LogP contribution in [0, 0.1) is 0 Å². The normalized spacial score (nSPS) is 20.7. The van der Waals surface area contributed by atoms with Crippen LogP contribution >= 0.6 is 11.8 Å². The van der Waals surface area contributed by atoms with Crippen LogP contribution in [-0.2, 0) is 20.9 Å². The molecule has 0 aromatic heterocycles. The van der Waals surface area contributed by atoms with Crippen LogP contribution in [-0.4, -0.2) is 48.4 Å². The van der Waals surface area contributed by atoms with E-state index in [4.69, 9.17) is 0 Å². The van der Waals surface area contributed by atoms with Gasteiger partial charge in [0.15, 0.2) is 5.17 Å². The second-order valence-corrected chi connectivity index (χ2v) is 8.22. The van der Waals surface area contributed by atoms with Crippen molar-refractivity contribution in [3.63, 3.8) is 0 Å². The number of methoxy groups -OCH3 is 1. The fourth-order valence-electron chi connectivity index (χ4n) is 3.50. The number of nitrogens with zero attached hydrogens (tertiary/aromatic N) is 3. The van der Waals surface area contributed by atoms with Crippen molar-refractivity contribution in [1.29, 1.82) is 0 Å². The molecule has 1 saturated carbocycles. The Hall–Kier alpha value is -2.45. The van der Waals surface area contributed by atoms with E-state index in [-0.39, 0.29) is 10.8 Å². The fourth-order valence-corrected chi connectivity index (χ4v) is 4.24. The summed E-state index contributed by atoms with van der Waals surface area (Å²) in [5, 5.41) is 11.0. The van der Waals surface area contributed by atoms with Gasteiger partial charge in [-0.3, -0.25) is 15.0 Å². The van der Waals surface area contributed by atoms with Crippen molar-refractivity contribution in [1.82, 2.24) is 10.2 Å². The van der Waals surface area contributed by atoms with Crippen molar-refractivity contribution in [3.8, 4) is 0 Å². The molecule has 0 spiro atoms. The number of benzene rings is 1. The van der Waals surface area contributed by atoms with Crippen molar-refractivity contribution < 1.29 is 14.3 Å². The minimum absolute atomic E-state index is 0.235. The Balaban J connectivity index is 1.59. The van der Waals surface area contributed by atoms with Crippen molar-refractivity contribution in [2.45, 2.75) is 44.7 Å². The van der Waals surface area contributed by atoms with E-state index >= 15 is 0 Å². The largest absolute Gasteiger partial charge is 0.466 e. The predicted octanol–water partition coefficient (Wildman–Crippen LogP) is 3.06. The smallest absolute Gasteiger partial charge is 0.331 e. The van der Waals surface area contributed by atoms with Gasteiger partial charge in [-0.15, -0.1) is 5.10 Å². The van der Waals surface area contributed by atoms with Gasteiger partial charge in [0.2, 0.25) is 0 Å². The van der Waals surface area contributed by atoms with Gasteiger partial charge in [-0.05, 0) is 48.8 Å². The standard InChI is InChI=1S/C21H26N4O3S/c1-25(17-9-4-3-5-10-17)14-16-8-6-7-15(11-16)13-22-24-21-23-20(27)18(29-21)12-19(26)28-2/h6-8,11-13,17H,3-5,9-10,14H2,1-2H3,(H,23,24,27)/b18-12+,22-13?. The Morgan fingerprint density at radius 1 is 1.34 bits per heavy atom. The number of hydrogen-bond donors (Lipinski definition) is 1. The third kappa shape index (κ3) is 6.27. The summed E-state index contributed by atoms with van der Waals surface area (Å²) in [7, 11) is 3.46. The Bertz CT molecular complexity index is 844. The SMILES string of the molecule is COC(=O)/C=C1/S/C(=N\N=Cc2cccc(CN(C)C3CCCCC3)c2)NC1=O. The first-order valence-electron chi connectivity index (χ1n) is 9.74. The molecule has 1 aliphatic heterocycles. The number of amidine groups is 1. The first-order chi connectivity index (χ1) is 14.0. The van der Waals surface area contributed by atoms with Gasteiger partial charge in [0.1, 0.15) is 0 Å². The summed E-state index contributed by atoms with van der Waals surface area (Å²) in [6, 6.07) is 8.88. The Morgan fingerprint density at radius 2 is 2.14 bits per heavy atom. The van der Waals surface area contributed by atoms with E-state index < -0.39 is 5.97 Å².